The van der Waals surface area contributed by atoms with Crippen LogP contribution in [0.15, 0.2) is 41.8 Å². The summed E-state index contributed by atoms with van der Waals surface area (Å²) in [5.74, 6) is -0.389. The molecule has 3 rings (SSSR count). The quantitative estimate of drug-likeness (QED) is 0.586. The largest absolute Gasteiger partial charge is 0.341 e. The Labute approximate surface area is 155 Å². The smallest absolute Gasteiger partial charge is 0.273 e. The molecule has 7 nitrogen and oxygen atoms in total. The van der Waals surface area contributed by atoms with E-state index < -0.39 is 20.0 Å². The van der Waals surface area contributed by atoms with E-state index in [-0.39, 0.29) is 30.3 Å². The maximum Gasteiger partial charge on any atom is 0.273 e. The van der Waals surface area contributed by atoms with Crippen molar-refractivity contribution in [2.75, 3.05) is 18.8 Å². The average Bonchev–Trinajstić information content (AvgIpc) is 3.06. The molecule has 1 atom stereocenters. The predicted molar refractivity (Wildman–Crippen MR) is 98.8 cm³/mol. The first-order chi connectivity index (χ1) is 12.4. The van der Waals surface area contributed by atoms with E-state index in [2.05, 4.69) is 0 Å². The minimum absolute atomic E-state index is 0.0974. The molecular weight excluding hydrogens is 376 g/mol. The zero-order valence-electron chi connectivity index (χ0n) is 13.9. The maximum absolute atomic E-state index is 12.6. The molecule has 1 aliphatic rings. The second-order valence-corrected chi connectivity index (χ2v) is 9.39. The first-order valence-electron chi connectivity index (χ1n) is 8.13. The van der Waals surface area contributed by atoms with Crippen LogP contribution in [0.1, 0.15) is 22.1 Å². The summed E-state index contributed by atoms with van der Waals surface area (Å²) in [6.07, 6.45) is 0.229. The number of nitro groups is 1. The molecule has 1 unspecified atom stereocenters. The van der Waals surface area contributed by atoms with Crippen LogP contribution in [0.25, 0.3) is 0 Å². The van der Waals surface area contributed by atoms with E-state index in [9.17, 15) is 23.3 Å². The van der Waals surface area contributed by atoms with Crippen LogP contribution in [-0.2, 0) is 21.1 Å². The molecule has 0 N–H and O–H groups in total. The van der Waals surface area contributed by atoms with E-state index in [0.29, 0.717) is 18.5 Å². The third-order valence-corrected chi connectivity index (χ3v) is 7.73. The van der Waals surface area contributed by atoms with Gasteiger partial charge in [-0.15, -0.1) is 11.3 Å². The Morgan fingerprint density at radius 1 is 1.23 bits per heavy atom. The number of benzene rings is 1. The summed E-state index contributed by atoms with van der Waals surface area (Å²) in [7, 11) is -3.34. The Hall–Kier alpha value is -2.26. The summed E-state index contributed by atoms with van der Waals surface area (Å²) in [6, 6.07) is 9.74. The van der Waals surface area contributed by atoms with Crippen molar-refractivity contribution in [3.8, 4) is 0 Å². The Balaban J connectivity index is 1.75. The van der Waals surface area contributed by atoms with Crippen molar-refractivity contribution < 1.29 is 18.1 Å². The number of thiophene rings is 1. The molecule has 2 heterocycles. The van der Waals surface area contributed by atoms with Crippen LogP contribution in [0, 0.1) is 10.1 Å². The number of amides is 1. The lowest BCUT2D eigenvalue weighted by molar-refractivity contribution is -0.385. The average molecular weight is 394 g/mol. The van der Waals surface area contributed by atoms with Crippen LogP contribution in [0.5, 0.6) is 0 Å². The minimum Gasteiger partial charge on any atom is -0.341 e. The summed E-state index contributed by atoms with van der Waals surface area (Å²) in [5.41, 5.74) is 0.240. The highest BCUT2D eigenvalue weighted by molar-refractivity contribution is 7.91. The molecule has 1 saturated heterocycles. The number of carbonyl (C=O) groups excluding carboxylic acids is 1. The summed E-state index contributed by atoms with van der Waals surface area (Å²) >= 11 is 1.40. The maximum atomic E-state index is 12.6. The van der Waals surface area contributed by atoms with Crippen molar-refractivity contribution in [2.45, 2.75) is 18.1 Å². The fourth-order valence-electron chi connectivity index (χ4n) is 3.10. The number of rotatable bonds is 4. The summed E-state index contributed by atoms with van der Waals surface area (Å²) in [6.45, 7) is 0.435. The van der Waals surface area contributed by atoms with Crippen LogP contribution in [-0.4, -0.2) is 43.0 Å². The van der Waals surface area contributed by atoms with Crippen molar-refractivity contribution in [3.63, 3.8) is 0 Å². The molecule has 2 aromatic rings. The molecule has 138 valence electrons. The lowest BCUT2D eigenvalue weighted by Crippen LogP contribution is -2.34. The van der Waals surface area contributed by atoms with Gasteiger partial charge in [0.1, 0.15) is 0 Å². The SMILES string of the molecule is O=C(Cc1ccccc1[N+](=O)[O-])N1CCC(c2cccs2)S(=O)(=O)CC1. The highest BCUT2D eigenvalue weighted by Crippen LogP contribution is 2.32. The standard InChI is InChI=1S/C17H18N2O5S2/c20-17(12-13-4-1-2-5-14(13)19(21)22)18-8-7-16(15-6-3-10-25-15)26(23,24)11-9-18/h1-6,10,16H,7-9,11-12H2. The molecule has 1 aromatic carbocycles. The van der Waals surface area contributed by atoms with E-state index in [1.807, 2.05) is 11.4 Å². The Morgan fingerprint density at radius 2 is 2.00 bits per heavy atom. The molecule has 1 amide bonds. The predicted octanol–water partition coefficient (Wildman–Crippen LogP) is 2.59. The Bertz CT molecular complexity index is 909. The van der Waals surface area contributed by atoms with Gasteiger partial charge in [0.2, 0.25) is 5.91 Å². The second-order valence-electron chi connectivity index (χ2n) is 6.10. The van der Waals surface area contributed by atoms with E-state index in [1.165, 1.54) is 22.3 Å². The Morgan fingerprint density at radius 3 is 2.69 bits per heavy atom. The van der Waals surface area contributed by atoms with Gasteiger partial charge in [-0.05, 0) is 17.9 Å². The highest BCUT2D eigenvalue weighted by Gasteiger charge is 2.33. The number of nitro benzene ring substituents is 1. The van der Waals surface area contributed by atoms with Gasteiger partial charge in [-0.1, -0.05) is 24.3 Å². The molecule has 0 spiro atoms. The fraction of sp³-hybridized carbons (Fsp3) is 0.353. The van der Waals surface area contributed by atoms with Gasteiger partial charge < -0.3 is 4.90 Å². The normalized spacial score (nSPS) is 19.7. The van der Waals surface area contributed by atoms with E-state index in [4.69, 9.17) is 0 Å². The van der Waals surface area contributed by atoms with Crippen LogP contribution in [0.3, 0.4) is 0 Å². The number of hydrogen-bond donors (Lipinski definition) is 0. The fourth-order valence-corrected chi connectivity index (χ4v) is 6.10. The van der Waals surface area contributed by atoms with Crippen LogP contribution >= 0.6 is 11.3 Å². The lowest BCUT2D eigenvalue weighted by atomic mass is 10.1. The third kappa shape index (κ3) is 3.94. The first-order valence-corrected chi connectivity index (χ1v) is 10.7. The molecule has 0 aliphatic carbocycles. The lowest BCUT2D eigenvalue weighted by Gasteiger charge is -2.20. The van der Waals surface area contributed by atoms with Gasteiger partial charge in [-0.3, -0.25) is 14.9 Å². The van der Waals surface area contributed by atoms with Crippen molar-refractivity contribution in [1.29, 1.82) is 0 Å². The number of carbonyl (C=O) groups is 1. The van der Waals surface area contributed by atoms with Gasteiger partial charge in [-0.25, -0.2) is 8.42 Å². The number of para-hydroxylation sites is 1. The molecule has 1 aromatic heterocycles. The van der Waals surface area contributed by atoms with E-state index in [0.717, 1.165) is 4.88 Å². The van der Waals surface area contributed by atoms with Gasteiger partial charge in [0, 0.05) is 29.6 Å². The first kappa shape index (κ1) is 18.5. The van der Waals surface area contributed by atoms with Crippen molar-refractivity contribution in [2.24, 2.45) is 0 Å². The van der Waals surface area contributed by atoms with Crippen LogP contribution in [0.2, 0.25) is 0 Å². The molecule has 26 heavy (non-hydrogen) atoms. The summed E-state index contributed by atoms with van der Waals surface area (Å²) < 4.78 is 25.1. The summed E-state index contributed by atoms with van der Waals surface area (Å²) in [4.78, 5) is 25.5. The molecule has 0 saturated carbocycles. The van der Waals surface area contributed by atoms with Crippen molar-refractivity contribution in [1.82, 2.24) is 4.90 Å². The highest BCUT2D eigenvalue weighted by atomic mass is 32.2. The summed E-state index contributed by atoms with van der Waals surface area (Å²) in [5, 5.41) is 12.3. The van der Waals surface area contributed by atoms with E-state index in [1.54, 1.807) is 24.3 Å². The molecule has 1 fully saturated rings. The zero-order valence-corrected chi connectivity index (χ0v) is 15.5. The van der Waals surface area contributed by atoms with E-state index >= 15 is 0 Å². The van der Waals surface area contributed by atoms with Gasteiger partial charge in [0.05, 0.1) is 22.3 Å². The number of sulfone groups is 1. The zero-order chi connectivity index (χ0) is 18.7. The monoisotopic (exact) mass is 394 g/mol. The topological polar surface area (TPSA) is 97.6 Å². The van der Waals surface area contributed by atoms with Crippen molar-refractivity contribution in [3.05, 3.63) is 62.3 Å². The molecular formula is C17H18N2O5S2. The number of nitrogens with zero attached hydrogens (tertiary/aromatic N) is 2. The van der Waals surface area contributed by atoms with Gasteiger partial charge in [0.25, 0.3) is 5.69 Å². The number of hydrogen-bond acceptors (Lipinski definition) is 6. The molecule has 0 bridgehead atoms. The molecule has 9 heteroatoms. The minimum atomic E-state index is -3.34. The molecule has 1 aliphatic heterocycles. The Kier molecular flexibility index (Phi) is 5.38. The van der Waals surface area contributed by atoms with Gasteiger partial charge in [0.15, 0.2) is 9.84 Å². The second kappa shape index (κ2) is 7.55. The van der Waals surface area contributed by atoms with Crippen molar-refractivity contribution >= 4 is 32.8 Å². The van der Waals surface area contributed by atoms with Crippen LogP contribution < -0.4 is 0 Å². The van der Waals surface area contributed by atoms with Crippen LogP contribution in [0.4, 0.5) is 5.69 Å². The van der Waals surface area contributed by atoms with Gasteiger partial charge >= 0.3 is 0 Å². The molecule has 0 radical (unpaired) electrons. The van der Waals surface area contributed by atoms with Gasteiger partial charge in [-0.2, -0.15) is 0 Å². The third-order valence-electron chi connectivity index (χ3n) is 4.48.